The van der Waals surface area contributed by atoms with E-state index in [4.69, 9.17) is 9.47 Å². The molecule has 0 aliphatic heterocycles. The lowest BCUT2D eigenvalue weighted by Crippen LogP contribution is -2.39. The highest BCUT2D eigenvalue weighted by molar-refractivity contribution is 7.89. The van der Waals surface area contributed by atoms with E-state index in [1.807, 2.05) is 6.08 Å². The molecule has 4 nitrogen and oxygen atoms in total. The van der Waals surface area contributed by atoms with Gasteiger partial charge in [-0.3, -0.25) is 9.00 Å². The van der Waals surface area contributed by atoms with Crippen molar-refractivity contribution in [3.63, 3.8) is 0 Å². The quantitative estimate of drug-likeness (QED) is 0.726. The lowest BCUT2D eigenvalue weighted by Gasteiger charge is -2.39. The van der Waals surface area contributed by atoms with Gasteiger partial charge >= 0.3 is 5.97 Å². The maximum atomic E-state index is 13.4. The lowest BCUT2D eigenvalue weighted by atomic mass is 9.71. The predicted octanol–water partition coefficient (Wildman–Crippen LogP) is 3.43. The Balaban J connectivity index is 1.82. The second-order valence-corrected chi connectivity index (χ2v) is 10.1. The van der Waals surface area contributed by atoms with E-state index in [2.05, 4.69) is 20.8 Å². The van der Waals surface area contributed by atoms with Gasteiger partial charge in [0.1, 0.15) is 0 Å². The summed E-state index contributed by atoms with van der Waals surface area (Å²) in [4.78, 5) is 12.9. The van der Waals surface area contributed by atoms with Crippen LogP contribution in [0.2, 0.25) is 0 Å². The van der Waals surface area contributed by atoms with Gasteiger partial charge < -0.3 is 9.47 Å². The fraction of sp³-hybridized carbons (Fsp3) is 0.842. The molecular formula is C19H30O4S. The highest BCUT2D eigenvalue weighted by Gasteiger charge is 2.63. The van der Waals surface area contributed by atoms with Gasteiger partial charge in [-0.1, -0.05) is 20.8 Å². The fourth-order valence-corrected chi connectivity index (χ4v) is 7.54. The van der Waals surface area contributed by atoms with Crippen LogP contribution in [0.1, 0.15) is 52.9 Å². The van der Waals surface area contributed by atoms with Crippen LogP contribution in [-0.4, -0.2) is 35.8 Å². The van der Waals surface area contributed by atoms with E-state index in [1.54, 1.807) is 7.11 Å². The predicted molar refractivity (Wildman–Crippen MR) is 94.8 cm³/mol. The molecule has 0 aromatic rings. The summed E-state index contributed by atoms with van der Waals surface area (Å²) in [5.41, 5.74) is 0.406. The van der Waals surface area contributed by atoms with Crippen LogP contribution in [0.15, 0.2) is 11.0 Å². The van der Waals surface area contributed by atoms with Gasteiger partial charge in [-0.05, 0) is 54.9 Å². The third kappa shape index (κ3) is 2.50. The molecule has 0 amide bonds. The van der Waals surface area contributed by atoms with Crippen LogP contribution >= 0.6 is 0 Å². The summed E-state index contributed by atoms with van der Waals surface area (Å²) in [6, 6.07) is 0. The van der Waals surface area contributed by atoms with Crippen LogP contribution < -0.4 is 0 Å². The van der Waals surface area contributed by atoms with Crippen LogP contribution in [0.4, 0.5) is 0 Å². The minimum Gasteiger partial charge on any atom is -0.469 e. The zero-order valence-electron chi connectivity index (χ0n) is 15.5. The summed E-state index contributed by atoms with van der Waals surface area (Å²) < 4.78 is 23.7. The van der Waals surface area contributed by atoms with Gasteiger partial charge in [0.25, 0.3) is 0 Å². The van der Waals surface area contributed by atoms with E-state index in [-0.39, 0.29) is 34.1 Å². The number of hydrogen-bond acceptors (Lipinski definition) is 4. The Morgan fingerprint density at radius 1 is 1.25 bits per heavy atom. The number of methoxy groups -OCH3 is 2. The first-order valence-corrected chi connectivity index (χ1v) is 10.2. The Kier molecular flexibility index (Phi) is 4.71. The van der Waals surface area contributed by atoms with Crippen molar-refractivity contribution in [3.05, 3.63) is 11.0 Å². The first kappa shape index (κ1) is 18.1. The molecule has 0 heterocycles. The number of carbonyl (C=O) groups is 1. The van der Waals surface area contributed by atoms with Gasteiger partial charge in [-0.15, -0.1) is 0 Å². The Bertz CT molecular complexity index is 582. The van der Waals surface area contributed by atoms with Gasteiger partial charge in [-0.2, -0.15) is 0 Å². The summed E-state index contributed by atoms with van der Waals surface area (Å²) >= 11 is 0. The molecule has 0 radical (unpaired) electrons. The van der Waals surface area contributed by atoms with Gasteiger partial charge in [-0.25, -0.2) is 0 Å². The molecule has 2 saturated carbocycles. The highest BCUT2D eigenvalue weighted by Crippen LogP contribution is 2.67. The number of allylic oxidation sites excluding steroid dienone is 1. The maximum absolute atomic E-state index is 13.4. The summed E-state index contributed by atoms with van der Waals surface area (Å²) in [6.07, 6.45) is 6.45. The second-order valence-electron chi connectivity index (χ2n) is 8.40. The van der Waals surface area contributed by atoms with Gasteiger partial charge in [0, 0.05) is 17.3 Å². The molecule has 6 atom stereocenters. The van der Waals surface area contributed by atoms with Crippen LogP contribution in [0, 0.1) is 22.7 Å². The molecule has 4 unspecified atom stereocenters. The molecule has 136 valence electrons. The van der Waals surface area contributed by atoms with Crippen LogP contribution in [0.3, 0.4) is 0 Å². The van der Waals surface area contributed by atoms with E-state index < -0.39 is 10.8 Å². The van der Waals surface area contributed by atoms with Gasteiger partial charge in [0.15, 0.2) is 0 Å². The number of fused-ring (bicyclic) bond motifs is 2. The number of ether oxygens (including phenoxy) is 2. The number of rotatable bonds is 4. The summed E-state index contributed by atoms with van der Waals surface area (Å²) in [6.45, 7) is 7.03. The molecule has 0 N–H and O–H groups in total. The molecule has 0 saturated heterocycles. The Morgan fingerprint density at radius 3 is 2.46 bits per heavy atom. The monoisotopic (exact) mass is 354 g/mol. The molecule has 5 heteroatoms. The normalized spacial score (nSPS) is 41.8. The molecule has 3 aliphatic rings. The van der Waals surface area contributed by atoms with Crippen molar-refractivity contribution in [1.29, 1.82) is 0 Å². The third-order valence-electron chi connectivity index (χ3n) is 7.46. The second kappa shape index (κ2) is 6.24. The maximum Gasteiger partial charge on any atom is 0.311 e. The van der Waals surface area contributed by atoms with E-state index >= 15 is 0 Å². The third-order valence-corrected chi connectivity index (χ3v) is 9.54. The van der Waals surface area contributed by atoms with Gasteiger partial charge in [0.2, 0.25) is 0 Å². The van der Waals surface area contributed by atoms with Crippen molar-refractivity contribution < 1.29 is 18.5 Å². The summed E-state index contributed by atoms with van der Waals surface area (Å²) in [5, 5.41) is 0.227. The first-order chi connectivity index (χ1) is 11.3. The van der Waals surface area contributed by atoms with Crippen molar-refractivity contribution in [2.45, 2.75) is 64.2 Å². The van der Waals surface area contributed by atoms with Crippen LogP contribution in [0.5, 0.6) is 0 Å². The number of carbonyl (C=O) groups excluding carboxylic acids is 1. The molecule has 24 heavy (non-hydrogen) atoms. The SMILES string of the molecule is COC(=O)[C@H]1CCC(S(=O)C2CC3CCC2(C)C3(C)C)=C[C@@H]1OC. The van der Waals surface area contributed by atoms with Crippen molar-refractivity contribution in [3.8, 4) is 0 Å². The van der Waals surface area contributed by atoms with Crippen molar-refractivity contribution in [1.82, 2.24) is 0 Å². The molecule has 0 aromatic carbocycles. The van der Waals surface area contributed by atoms with Crippen molar-refractivity contribution in [2.24, 2.45) is 22.7 Å². The Morgan fingerprint density at radius 2 is 1.96 bits per heavy atom. The lowest BCUT2D eigenvalue weighted by molar-refractivity contribution is -0.149. The molecule has 3 rings (SSSR count). The molecule has 0 spiro atoms. The molecule has 0 aromatic heterocycles. The average molecular weight is 355 g/mol. The molecule has 3 aliphatic carbocycles. The molecule has 2 fully saturated rings. The highest BCUT2D eigenvalue weighted by atomic mass is 32.2. The largest absolute Gasteiger partial charge is 0.469 e. The standard InChI is InChI=1S/C19H30O4S/c1-18(2)12-8-9-19(18,3)16(10-12)24(21)13-6-7-14(17(20)23-5)15(11-13)22-4/h11-12,14-16H,6-10H2,1-5H3/t12?,14-,15-,16?,19?,24?/m0/s1. The topological polar surface area (TPSA) is 52.6 Å². The smallest absolute Gasteiger partial charge is 0.311 e. The zero-order valence-corrected chi connectivity index (χ0v) is 16.3. The van der Waals surface area contributed by atoms with Crippen LogP contribution in [-0.2, 0) is 25.1 Å². The molecular weight excluding hydrogens is 324 g/mol. The van der Waals surface area contributed by atoms with E-state index in [0.717, 1.165) is 11.3 Å². The van der Waals surface area contributed by atoms with E-state index in [1.165, 1.54) is 20.0 Å². The van der Waals surface area contributed by atoms with Crippen LogP contribution in [0.25, 0.3) is 0 Å². The Hall–Kier alpha value is -0.680. The number of esters is 1. The summed E-state index contributed by atoms with van der Waals surface area (Å²) in [7, 11) is 2.02. The zero-order chi connectivity index (χ0) is 17.7. The van der Waals surface area contributed by atoms with Crippen molar-refractivity contribution >= 4 is 16.8 Å². The fourth-order valence-electron chi connectivity index (χ4n) is 5.28. The van der Waals surface area contributed by atoms with Crippen molar-refractivity contribution in [2.75, 3.05) is 14.2 Å². The minimum atomic E-state index is -0.991. The minimum absolute atomic E-state index is 0.144. The Labute approximate surface area is 147 Å². The first-order valence-electron chi connectivity index (χ1n) is 8.98. The van der Waals surface area contributed by atoms with E-state index in [0.29, 0.717) is 18.8 Å². The average Bonchev–Trinajstić information content (AvgIpc) is 2.92. The van der Waals surface area contributed by atoms with E-state index in [9.17, 15) is 9.00 Å². The number of hydrogen-bond donors (Lipinski definition) is 0. The summed E-state index contributed by atoms with van der Waals surface area (Å²) in [5.74, 6) is 0.158. The van der Waals surface area contributed by atoms with Gasteiger partial charge in [0.05, 0.1) is 29.9 Å². The molecule has 2 bridgehead atoms.